The molecule has 1 aliphatic rings. The van der Waals surface area contributed by atoms with Crippen LogP contribution in [0.4, 0.5) is 0 Å². The van der Waals surface area contributed by atoms with Crippen molar-refractivity contribution in [2.75, 3.05) is 0 Å². The van der Waals surface area contributed by atoms with Gasteiger partial charge in [0, 0.05) is 45.5 Å². The Balaban J connectivity index is 1.80. The predicted octanol–water partition coefficient (Wildman–Crippen LogP) is 5.07. The summed E-state index contributed by atoms with van der Waals surface area (Å²) in [7, 11) is 2.16. The summed E-state index contributed by atoms with van der Waals surface area (Å²) in [5.41, 5.74) is 5.14. The topological polar surface area (TPSA) is 4.93 Å². The van der Waals surface area contributed by atoms with Crippen LogP contribution in [0, 0.1) is 0 Å². The molecule has 0 amide bonds. The number of aromatic nitrogens is 1. The highest BCUT2D eigenvalue weighted by Gasteiger charge is 2.36. The molecule has 0 spiro atoms. The molecule has 0 fully saturated rings. The Morgan fingerprint density at radius 2 is 1.36 bits per heavy atom. The number of hydrogen-bond donors (Lipinski definition) is 0. The van der Waals surface area contributed by atoms with Gasteiger partial charge in [-0.05, 0) is 34.6 Å². The second-order valence-electron chi connectivity index (χ2n) is 7.42. The molecule has 0 saturated heterocycles. The van der Waals surface area contributed by atoms with E-state index in [4.69, 9.17) is 11.8 Å². The lowest BCUT2D eigenvalue weighted by Gasteiger charge is -2.20. The van der Waals surface area contributed by atoms with Gasteiger partial charge in [-0.15, -0.1) is 0 Å². The van der Waals surface area contributed by atoms with Crippen molar-refractivity contribution in [3.63, 3.8) is 0 Å². The first kappa shape index (κ1) is 16.3. The fourth-order valence-electron chi connectivity index (χ4n) is 4.69. The Kier molecular flexibility index (Phi) is 3.30. The van der Waals surface area contributed by atoms with E-state index in [1.165, 1.54) is 48.8 Å². The van der Waals surface area contributed by atoms with Gasteiger partial charge >= 0.3 is 0 Å². The van der Waals surface area contributed by atoms with Gasteiger partial charge in [0.15, 0.2) is 0 Å². The summed E-state index contributed by atoms with van der Waals surface area (Å²) in [6, 6.07) is 30.8. The lowest BCUT2D eigenvalue weighted by atomic mass is 10.0. The van der Waals surface area contributed by atoms with Crippen LogP contribution >= 0.6 is 6.04 Å². The Hall–Kier alpha value is -2.67. The van der Waals surface area contributed by atoms with Crippen molar-refractivity contribution in [1.29, 1.82) is 0 Å². The molecule has 6 rings (SSSR count). The largest absolute Gasteiger partial charge is 0.344 e. The van der Waals surface area contributed by atoms with Gasteiger partial charge in [-0.1, -0.05) is 84.6 Å². The zero-order valence-electron chi connectivity index (χ0n) is 15.5. The van der Waals surface area contributed by atoms with Crippen LogP contribution in [0.5, 0.6) is 0 Å². The molecule has 0 aliphatic carbocycles. The zero-order chi connectivity index (χ0) is 18.9. The normalized spacial score (nSPS) is 17.8. The van der Waals surface area contributed by atoms with Crippen molar-refractivity contribution < 1.29 is 0 Å². The van der Waals surface area contributed by atoms with Crippen LogP contribution in [-0.4, -0.2) is 4.57 Å². The molecule has 4 aromatic carbocycles. The highest BCUT2D eigenvalue weighted by Crippen LogP contribution is 2.53. The van der Waals surface area contributed by atoms with Gasteiger partial charge in [-0.25, -0.2) is 0 Å². The lowest BCUT2D eigenvalue weighted by Crippen LogP contribution is -2.20. The summed E-state index contributed by atoms with van der Waals surface area (Å²) in [6.45, 7) is 0. The number of para-hydroxylation sites is 1. The van der Waals surface area contributed by atoms with E-state index in [1.54, 1.807) is 0 Å². The van der Waals surface area contributed by atoms with Gasteiger partial charge in [0.25, 0.3) is 0 Å². The van der Waals surface area contributed by atoms with Crippen molar-refractivity contribution >= 4 is 55.6 Å². The minimum absolute atomic E-state index is 1.26. The Bertz CT molecular complexity index is 1450. The second kappa shape index (κ2) is 5.67. The number of aryl methyl sites for hydroxylation is 1. The Morgan fingerprint density at radius 3 is 2.21 bits per heavy atom. The molecule has 1 atom stereocenters. The second-order valence-corrected chi connectivity index (χ2v) is 11.8. The van der Waals surface area contributed by atoms with Crippen LogP contribution in [0.25, 0.3) is 32.9 Å². The van der Waals surface area contributed by atoms with Gasteiger partial charge in [0.05, 0.1) is 0 Å². The number of fused-ring (bicyclic) bond motifs is 6. The third-order valence-electron chi connectivity index (χ3n) is 6.02. The smallest absolute Gasteiger partial charge is 0.0496 e. The van der Waals surface area contributed by atoms with Gasteiger partial charge in [0.2, 0.25) is 0 Å². The maximum atomic E-state index is 6.53. The van der Waals surface area contributed by atoms with Crippen LogP contribution in [0.1, 0.15) is 0 Å². The van der Waals surface area contributed by atoms with Crippen molar-refractivity contribution in [2.45, 2.75) is 0 Å². The van der Waals surface area contributed by atoms with Crippen LogP contribution in [-0.2, 0) is 18.9 Å². The fourth-order valence-corrected chi connectivity index (χ4v) is 9.05. The summed E-state index contributed by atoms with van der Waals surface area (Å²) in [5, 5.41) is 6.54. The molecule has 1 unspecified atom stereocenters. The first-order chi connectivity index (χ1) is 13.7. The molecule has 0 N–H and O–H groups in total. The maximum Gasteiger partial charge on any atom is 0.0496 e. The van der Waals surface area contributed by atoms with Crippen molar-refractivity contribution in [2.24, 2.45) is 7.05 Å². The first-order valence-corrected chi connectivity index (χ1v) is 12.3. The molecule has 0 radical (unpaired) electrons. The van der Waals surface area contributed by atoms with Gasteiger partial charge < -0.3 is 4.57 Å². The van der Waals surface area contributed by atoms with E-state index in [-0.39, 0.29) is 0 Å². The molecular formula is C25H18NPS. The summed E-state index contributed by atoms with van der Waals surface area (Å²) in [5.74, 6) is 0. The summed E-state index contributed by atoms with van der Waals surface area (Å²) >= 11 is 6.53. The quantitative estimate of drug-likeness (QED) is 0.352. The number of rotatable bonds is 1. The van der Waals surface area contributed by atoms with E-state index in [1.807, 2.05) is 0 Å². The number of nitrogens with zero attached hydrogens (tertiary/aromatic N) is 1. The minimum atomic E-state index is -2.05. The van der Waals surface area contributed by atoms with Crippen LogP contribution in [0.3, 0.4) is 0 Å². The third kappa shape index (κ3) is 1.95. The molecule has 2 heterocycles. The predicted molar refractivity (Wildman–Crippen MR) is 125 cm³/mol. The molecule has 1 aromatic heterocycles. The summed E-state index contributed by atoms with van der Waals surface area (Å²) in [6.07, 6.45) is 0. The van der Waals surface area contributed by atoms with Crippen LogP contribution < -0.4 is 15.9 Å². The van der Waals surface area contributed by atoms with E-state index in [0.717, 1.165) is 0 Å². The van der Waals surface area contributed by atoms with Gasteiger partial charge in [0.1, 0.15) is 0 Å². The monoisotopic (exact) mass is 395 g/mol. The molecule has 0 bridgehead atoms. The molecule has 28 heavy (non-hydrogen) atoms. The number of benzene rings is 4. The summed E-state index contributed by atoms with van der Waals surface area (Å²) in [4.78, 5) is 0. The fraction of sp³-hybridized carbons (Fsp3) is 0.0400. The molecular weight excluding hydrogens is 377 g/mol. The van der Waals surface area contributed by atoms with Crippen molar-refractivity contribution in [1.82, 2.24) is 4.57 Å². The van der Waals surface area contributed by atoms with E-state index < -0.39 is 6.04 Å². The molecule has 5 aromatic rings. The maximum absolute atomic E-state index is 6.53. The molecule has 134 valence electrons. The highest BCUT2D eigenvalue weighted by atomic mass is 32.4. The van der Waals surface area contributed by atoms with E-state index in [0.29, 0.717) is 0 Å². The van der Waals surface area contributed by atoms with E-state index in [2.05, 4.69) is 103 Å². The highest BCUT2D eigenvalue weighted by molar-refractivity contribution is 8.26. The number of hydrogen-bond acceptors (Lipinski definition) is 1. The summed E-state index contributed by atoms with van der Waals surface area (Å²) < 4.78 is 2.30. The SMILES string of the molecule is Cn1c2ccccc2c2cc3c(cc21)P(=S)(c1ccccc1)c1ccccc1-3. The van der Waals surface area contributed by atoms with Crippen molar-refractivity contribution in [3.05, 3.63) is 91.0 Å². The Morgan fingerprint density at radius 1 is 0.643 bits per heavy atom. The molecule has 0 saturated carbocycles. The Labute approximate surface area is 169 Å². The van der Waals surface area contributed by atoms with Crippen molar-refractivity contribution in [3.8, 4) is 11.1 Å². The zero-order valence-corrected chi connectivity index (χ0v) is 17.2. The average Bonchev–Trinajstić information content (AvgIpc) is 3.19. The molecule has 1 nitrogen and oxygen atoms in total. The first-order valence-electron chi connectivity index (χ1n) is 9.47. The van der Waals surface area contributed by atoms with Crippen LogP contribution in [0.2, 0.25) is 0 Å². The lowest BCUT2D eigenvalue weighted by molar-refractivity contribution is 1.01. The molecule has 1 aliphatic heterocycles. The van der Waals surface area contributed by atoms with Gasteiger partial charge in [-0.2, -0.15) is 0 Å². The van der Waals surface area contributed by atoms with E-state index in [9.17, 15) is 0 Å². The molecule has 3 heteroatoms. The third-order valence-corrected chi connectivity index (χ3v) is 11.0. The standard InChI is InChI=1S/C25H18NPS/c1-26-22-13-7-5-11-18(22)20-15-21-19-12-6-8-14-24(19)27(28,25(21)16-23(20)26)17-9-3-2-4-10-17/h2-16H,1H3. The van der Waals surface area contributed by atoms with E-state index >= 15 is 0 Å². The average molecular weight is 395 g/mol. The van der Waals surface area contributed by atoms with Crippen LogP contribution in [0.15, 0.2) is 91.0 Å². The van der Waals surface area contributed by atoms with Gasteiger partial charge in [-0.3, -0.25) is 0 Å². The minimum Gasteiger partial charge on any atom is -0.344 e.